The van der Waals surface area contributed by atoms with E-state index in [1.807, 2.05) is 27.7 Å². The second-order valence-electron chi connectivity index (χ2n) is 6.19. The van der Waals surface area contributed by atoms with E-state index in [4.69, 9.17) is 0 Å². The van der Waals surface area contributed by atoms with Crippen LogP contribution in [0.3, 0.4) is 0 Å². The number of carbonyl (C=O) groups is 1. The quantitative estimate of drug-likeness (QED) is 0.873. The maximum Gasteiger partial charge on any atom is 0.271 e. The van der Waals surface area contributed by atoms with Crippen molar-refractivity contribution in [1.29, 1.82) is 0 Å². The summed E-state index contributed by atoms with van der Waals surface area (Å²) in [6.07, 6.45) is 2.10. The van der Waals surface area contributed by atoms with Gasteiger partial charge in [-0.3, -0.25) is 14.0 Å². The average molecular weight is 337 g/mol. The van der Waals surface area contributed by atoms with Gasteiger partial charge in [0.2, 0.25) is 0 Å². The van der Waals surface area contributed by atoms with Crippen molar-refractivity contribution < 1.29 is 9.90 Å². The summed E-state index contributed by atoms with van der Waals surface area (Å²) in [5, 5.41) is 13.0. The van der Waals surface area contributed by atoms with Crippen molar-refractivity contribution in [2.45, 2.75) is 46.6 Å². The molecule has 23 heavy (non-hydrogen) atoms. The lowest BCUT2D eigenvalue weighted by molar-refractivity contribution is 0.00590. The third-order valence-corrected chi connectivity index (χ3v) is 5.62. The zero-order chi connectivity index (χ0) is 17.4. The zero-order valence-electron chi connectivity index (χ0n) is 14.1. The number of amides is 1. The number of aliphatic hydroxyl groups is 1. The van der Waals surface area contributed by atoms with E-state index in [-0.39, 0.29) is 23.6 Å². The number of aromatic nitrogens is 2. The van der Waals surface area contributed by atoms with Crippen LogP contribution in [0, 0.1) is 19.8 Å². The van der Waals surface area contributed by atoms with Crippen molar-refractivity contribution in [3.63, 3.8) is 0 Å². The molecule has 126 valence electrons. The van der Waals surface area contributed by atoms with Crippen LogP contribution in [0.2, 0.25) is 0 Å². The number of hydrogen-bond donors (Lipinski definition) is 2. The summed E-state index contributed by atoms with van der Waals surface area (Å²) in [5.41, 5.74) is -0.614. The molecule has 2 atom stereocenters. The first kappa shape index (κ1) is 17.6. The number of hydrogen-bond acceptors (Lipinski definition) is 5. The Kier molecular flexibility index (Phi) is 4.91. The van der Waals surface area contributed by atoms with Gasteiger partial charge in [-0.25, -0.2) is 4.98 Å². The van der Waals surface area contributed by atoms with Crippen LogP contribution < -0.4 is 10.9 Å². The third kappa shape index (κ3) is 3.30. The molecule has 0 saturated heterocycles. The van der Waals surface area contributed by atoms with Gasteiger partial charge in [-0.1, -0.05) is 20.3 Å². The number of aryl methyl sites for hydroxylation is 2. The molecule has 2 N–H and O–H groups in total. The van der Waals surface area contributed by atoms with E-state index in [0.29, 0.717) is 4.96 Å². The Hall–Kier alpha value is -1.73. The zero-order valence-corrected chi connectivity index (χ0v) is 15.0. The summed E-state index contributed by atoms with van der Waals surface area (Å²) in [6, 6.07) is 0. The Morgan fingerprint density at radius 3 is 2.78 bits per heavy atom. The molecule has 0 saturated carbocycles. The third-order valence-electron chi connectivity index (χ3n) is 4.54. The normalized spacial score (nSPS) is 15.4. The van der Waals surface area contributed by atoms with Crippen LogP contribution in [-0.2, 0) is 0 Å². The van der Waals surface area contributed by atoms with Gasteiger partial charge in [-0.2, -0.15) is 0 Å². The molecule has 2 aromatic heterocycles. The Balaban J connectivity index is 2.27. The van der Waals surface area contributed by atoms with E-state index < -0.39 is 11.5 Å². The number of carbonyl (C=O) groups excluding carboxylic acids is 1. The Labute approximate surface area is 139 Å². The predicted molar refractivity (Wildman–Crippen MR) is 91.2 cm³/mol. The minimum atomic E-state index is -1.02. The predicted octanol–water partition coefficient (Wildman–Crippen LogP) is 1.90. The second-order valence-corrected chi connectivity index (χ2v) is 7.37. The van der Waals surface area contributed by atoms with Gasteiger partial charge in [-0.15, -0.1) is 11.3 Å². The van der Waals surface area contributed by atoms with Crippen molar-refractivity contribution in [2.75, 3.05) is 6.54 Å². The van der Waals surface area contributed by atoms with Crippen molar-refractivity contribution in [1.82, 2.24) is 14.7 Å². The largest absolute Gasteiger partial charge is 0.388 e. The summed E-state index contributed by atoms with van der Waals surface area (Å²) >= 11 is 1.42. The monoisotopic (exact) mass is 337 g/mol. The fourth-order valence-corrected chi connectivity index (χ4v) is 3.23. The SMILES string of the molecule is CCC(C)C(C)(O)CNC(=O)c1cnc2sc(C)c(C)n2c1=O. The van der Waals surface area contributed by atoms with Crippen LogP contribution in [0.25, 0.3) is 4.96 Å². The number of fused-ring (bicyclic) bond motifs is 1. The fraction of sp³-hybridized carbons (Fsp3) is 0.562. The topological polar surface area (TPSA) is 83.7 Å². The number of nitrogens with one attached hydrogen (secondary N) is 1. The van der Waals surface area contributed by atoms with Crippen LogP contribution in [0.15, 0.2) is 11.0 Å². The molecule has 0 radical (unpaired) electrons. The van der Waals surface area contributed by atoms with Crippen LogP contribution >= 0.6 is 11.3 Å². The molecule has 2 heterocycles. The van der Waals surface area contributed by atoms with Gasteiger partial charge in [0.25, 0.3) is 11.5 Å². The molecule has 2 unspecified atom stereocenters. The lowest BCUT2D eigenvalue weighted by atomic mass is 9.88. The van der Waals surface area contributed by atoms with Crippen LogP contribution in [0.4, 0.5) is 0 Å². The lowest BCUT2D eigenvalue weighted by Gasteiger charge is -2.29. The number of nitrogens with zero attached hydrogens (tertiary/aromatic N) is 2. The molecule has 0 aromatic carbocycles. The average Bonchev–Trinajstić information content (AvgIpc) is 2.80. The van der Waals surface area contributed by atoms with Crippen LogP contribution in [-0.4, -0.2) is 32.5 Å². The molecular weight excluding hydrogens is 314 g/mol. The molecule has 0 spiro atoms. The van der Waals surface area contributed by atoms with Gasteiger partial charge in [0.05, 0.1) is 5.60 Å². The highest BCUT2D eigenvalue weighted by Crippen LogP contribution is 2.20. The highest BCUT2D eigenvalue weighted by Gasteiger charge is 2.28. The van der Waals surface area contributed by atoms with Crippen molar-refractivity contribution in [2.24, 2.45) is 5.92 Å². The summed E-state index contributed by atoms with van der Waals surface area (Å²) in [7, 11) is 0. The number of rotatable bonds is 5. The smallest absolute Gasteiger partial charge is 0.271 e. The first-order chi connectivity index (χ1) is 10.7. The first-order valence-electron chi connectivity index (χ1n) is 7.67. The van der Waals surface area contributed by atoms with Crippen molar-refractivity contribution in [3.05, 3.63) is 32.7 Å². The van der Waals surface area contributed by atoms with Crippen molar-refractivity contribution in [3.8, 4) is 0 Å². The van der Waals surface area contributed by atoms with E-state index in [1.54, 1.807) is 6.92 Å². The Bertz CT molecular complexity index is 792. The van der Waals surface area contributed by atoms with E-state index >= 15 is 0 Å². The molecule has 7 heteroatoms. The van der Waals surface area contributed by atoms with E-state index in [9.17, 15) is 14.7 Å². The minimum absolute atomic E-state index is 0.0108. The van der Waals surface area contributed by atoms with E-state index in [2.05, 4.69) is 10.3 Å². The van der Waals surface area contributed by atoms with Gasteiger partial charge in [0.1, 0.15) is 5.56 Å². The molecule has 2 aromatic rings. The molecule has 0 aliphatic heterocycles. The van der Waals surface area contributed by atoms with Crippen LogP contribution in [0.5, 0.6) is 0 Å². The number of thiazole rings is 1. The van der Waals surface area contributed by atoms with Gasteiger partial charge in [-0.05, 0) is 26.7 Å². The molecule has 2 rings (SSSR count). The molecule has 0 aliphatic carbocycles. The lowest BCUT2D eigenvalue weighted by Crippen LogP contribution is -2.46. The fourth-order valence-electron chi connectivity index (χ4n) is 2.30. The highest BCUT2D eigenvalue weighted by molar-refractivity contribution is 7.17. The standard InChI is InChI=1S/C16H23N3O3S/c1-6-9(2)16(5,22)8-18-13(20)12-7-17-15-19(14(12)21)10(3)11(4)23-15/h7,9,22H,6,8H2,1-5H3,(H,18,20). The first-order valence-corrected chi connectivity index (χ1v) is 8.49. The molecule has 0 aliphatic rings. The second kappa shape index (κ2) is 6.41. The van der Waals surface area contributed by atoms with E-state index in [1.165, 1.54) is 21.9 Å². The molecule has 0 bridgehead atoms. The van der Waals surface area contributed by atoms with Crippen molar-refractivity contribution >= 4 is 22.2 Å². The molecule has 1 amide bonds. The molecule has 0 fully saturated rings. The Morgan fingerprint density at radius 2 is 2.17 bits per heavy atom. The van der Waals surface area contributed by atoms with Gasteiger partial charge >= 0.3 is 0 Å². The highest BCUT2D eigenvalue weighted by atomic mass is 32.1. The summed E-state index contributed by atoms with van der Waals surface area (Å²) < 4.78 is 1.46. The summed E-state index contributed by atoms with van der Waals surface area (Å²) in [4.78, 5) is 30.6. The Morgan fingerprint density at radius 1 is 1.52 bits per heavy atom. The van der Waals surface area contributed by atoms with Gasteiger partial charge in [0, 0.05) is 23.3 Å². The molecule has 6 nitrogen and oxygen atoms in total. The van der Waals surface area contributed by atoms with Crippen LogP contribution in [0.1, 0.15) is 48.1 Å². The van der Waals surface area contributed by atoms with Gasteiger partial charge in [0.15, 0.2) is 4.96 Å². The summed E-state index contributed by atoms with van der Waals surface area (Å²) in [5.74, 6) is -0.477. The summed E-state index contributed by atoms with van der Waals surface area (Å²) in [6.45, 7) is 9.42. The minimum Gasteiger partial charge on any atom is -0.388 e. The van der Waals surface area contributed by atoms with Gasteiger partial charge < -0.3 is 10.4 Å². The molecular formula is C16H23N3O3S. The maximum atomic E-state index is 12.5. The maximum absolute atomic E-state index is 12.5. The van der Waals surface area contributed by atoms with E-state index in [0.717, 1.165) is 17.0 Å².